The number of nitrogens with two attached hydrogens (primary N) is 1. The fourth-order valence-electron chi connectivity index (χ4n) is 3.65. The summed E-state index contributed by atoms with van der Waals surface area (Å²) in [6.07, 6.45) is 3.26. The summed E-state index contributed by atoms with van der Waals surface area (Å²) in [5.74, 6) is 2.01. The van der Waals surface area contributed by atoms with Gasteiger partial charge in [0.1, 0.15) is 0 Å². The Bertz CT molecular complexity index is 601. The Hall–Kier alpha value is -1.35. The van der Waals surface area contributed by atoms with Crippen molar-refractivity contribution < 1.29 is 4.79 Å². The van der Waals surface area contributed by atoms with Gasteiger partial charge < -0.3 is 16.4 Å². The van der Waals surface area contributed by atoms with E-state index in [1.165, 1.54) is 12.0 Å². The molecule has 1 aromatic rings. The van der Waals surface area contributed by atoms with E-state index < -0.39 is 0 Å². The van der Waals surface area contributed by atoms with Gasteiger partial charge in [-0.3, -0.25) is 14.7 Å². The van der Waals surface area contributed by atoms with Crippen molar-refractivity contribution in [3.8, 4) is 0 Å². The summed E-state index contributed by atoms with van der Waals surface area (Å²) in [5.41, 5.74) is 6.71. The molecule has 1 aliphatic heterocycles. The van der Waals surface area contributed by atoms with E-state index in [2.05, 4.69) is 50.9 Å². The SMILES string of the molecule is CN=C(NCC1CC1c1ccccc1)NC1CCN(CC(N)=O)CC1.I. The molecule has 2 unspecified atom stereocenters. The lowest BCUT2D eigenvalue weighted by Gasteiger charge is -2.32. The number of halogens is 1. The lowest BCUT2D eigenvalue weighted by atomic mass is 10.1. The zero-order chi connectivity index (χ0) is 17.6. The van der Waals surface area contributed by atoms with E-state index in [9.17, 15) is 4.79 Å². The van der Waals surface area contributed by atoms with Gasteiger partial charge in [0.05, 0.1) is 6.54 Å². The number of carbonyl (C=O) groups excluding carboxylic acids is 1. The fraction of sp³-hybridized carbons (Fsp3) is 0.579. The Balaban J connectivity index is 0.00000243. The predicted molar refractivity (Wildman–Crippen MR) is 116 cm³/mol. The van der Waals surface area contributed by atoms with E-state index >= 15 is 0 Å². The van der Waals surface area contributed by atoms with Gasteiger partial charge >= 0.3 is 0 Å². The Morgan fingerprint density at radius 2 is 1.96 bits per heavy atom. The molecule has 6 nitrogen and oxygen atoms in total. The second-order valence-electron chi connectivity index (χ2n) is 7.13. The molecule has 7 heteroatoms. The molecule has 1 aliphatic carbocycles. The molecule has 1 heterocycles. The summed E-state index contributed by atoms with van der Waals surface area (Å²) in [5, 5.41) is 6.99. The van der Waals surface area contributed by atoms with Gasteiger partial charge in [-0.2, -0.15) is 0 Å². The highest BCUT2D eigenvalue weighted by Crippen LogP contribution is 2.46. The van der Waals surface area contributed by atoms with Crippen LogP contribution < -0.4 is 16.4 Å². The molecule has 2 fully saturated rings. The van der Waals surface area contributed by atoms with Crippen LogP contribution in [-0.2, 0) is 4.79 Å². The van der Waals surface area contributed by atoms with E-state index in [4.69, 9.17) is 5.73 Å². The van der Waals surface area contributed by atoms with E-state index in [-0.39, 0.29) is 29.9 Å². The number of hydrogen-bond acceptors (Lipinski definition) is 3. The molecule has 0 radical (unpaired) electrons. The molecule has 1 saturated heterocycles. The van der Waals surface area contributed by atoms with Gasteiger partial charge in [-0.15, -0.1) is 24.0 Å². The number of primary amides is 1. The Kier molecular flexibility index (Phi) is 8.15. The van der Waals surface area contributed by atoms with Gasteiger partial charge in [0.15, 0.2) is 5.96 Å². The van der Waals surface area contributed by atoms with Gasteiger partial charge in [-0.05, 0) is 36.7 Å². The maximum absolute atomic E-state index is 11.0. The predicted octanol–water partition coefficient (Wildman–Crippen LogP) is 1.52. The third kappa shape index (κ3) is 6.12. The summed E-state index contributed by atoms with van der Waals surface area (Å²) >= 11 is 0. The second kappa shape index (κ2) is 10.1. The summed E-state index contributed by atoms with van der Waals surface area (Å²) in [4.78, 5) is 17.5. The largest absolute Gasteiger partial charge is 0.369 e. The highest BCUT2D eigenvalue weighted by atomic mass is 127. The van der Waals surface area contributed by atoms with E-state index in [1.807, 2.05) is 7.05 Å². The molecule has 4 N–H and O–H groups in total. The first-order valence-electron chi connectivity index (χ1n) is 9.18. The van der Waals surface area contributed by atoms with Crippen LogP contribution in [0.4, 0.5) is 0 Å². The first-order valence-corrected chi connectivity index (χ1v) is 9.18. The minimum Gasteiger partial charge on any atom is -0.369 e. The molecule has 0 spiro atoms. The Morgan fingerprint density at radius 3 is 2.58 bits per heavy atom. The maximum Gasteiger partial charge on any atom is 0.231 e. The zero-order valence-corrected chi connectivity index (χ0v) is 17.7. The number of nitrogens with one attached hydrogen (secondary N) is 2. The van der Waals surface area contributed by atoms with Crippen LogP contribution in [0.15, 0.2) is 35.3 Å². The molecule has 1 saturated carbocycles. The van der Waals surface area contributed by atoms with Crippen LogP contribution in [0.3, 0.4) is 0 Å². The van der Waals surface area contributed by atoms with Crippen molar-refractivity contribution in [1.29, 1.82) is 0 Å². The number of piperidine rings is 1. The van der Waals surface area contributed by atoms with E-state index in [0.29, 0.717) is 24.4 Å². The van der Waals surface area contributed by atoms with Crippen LogP contribution in [-0.4, -0.2) is 56.0 Å². The van der Waals surface area contributed by atoms with Crippen molar-refractivity contribution >= 4 is 35.8 Å². The van der Waals surface area contributed by atoms with Crippen molar-refractivity contribution in [3.05, 3.63) is 35.9 Å². The van der Waals surface area contributed by atoms with Gasteiger partial charge in [0.2, 0.25) is 5.91 Å². The molecular weight excluding hydrogens is 441 g/mol. The van der Waals surface area contributed by atoms with Crippen molar-refractivity contribution in [2.24, 2.45) is 16.6 Å². The first-order chi connectivity index (χ1) is 12.2. The lowest BCUT2D eigenvalue weighted by Crippen LogP contribution is -2.50. The van der Waals surface area contributed by atoms with Gasteiger partial charge in [0, 0.05) is 32.7 Å². The molecule has 0 bridgehead atoms. The summed E-state index contributed by atoms with van der Waals surface area (Å²) in [6.45, 7) is 3.12. The number of likely N-dealkylation sites (tertiary alicyclic amines) is 1. The molecule has 1 amide bonds. The highest BCUT2D eigenvalue weighted by molar-refractivity contribution is 14.0. The minimum atomic E-state index is -0.249. The topological polar surface area (TPSA) is 82.8 Å². The summed E-state index contributed by atoms with van der Waals surface area (Å²) in [6, 6.07) is 11.1. The van der Waals surface area contributed by atoms with Crippen LogP contribution >= 0.6 is 24.0 Å². The molecule has 144 valence electrons. The highest BCUT2D eigenvalue weighted by Gasteiger charge is 2.37. The van der Waals surface area contributed by atoms with Crippen molar-refractivity contribution in [1.82, 2.24) is 15.5 Å². The van der Waals surface area contributed by atoms with Crippen molar-refractivity contribution in [2.75, 3.05) is 33.2 Å². The third-order valence-corrected chi connectivity index (χ3v) is 5.21. The van der Waals surface area contributed by atoms with Crippen molar-refractivity contribution in [3.63, 3.8) is 0 Å². The molecule has 2 aliphatic rings. The number of aliphatic imine (C=N–C) groups is 1. The number of carbonyl (C=O) groups is 1. The van der Waals surface area contributed by atoms with Crippen LogP contribution in [0.2, 0.25) is 0 Å². The molecular formula is C19H30IN5O. The summed E-state index contributed by atoms with van der Waals surface area (Å²) in [7, 11) is 1.82. The minimum absolute atomic E-state index is 0. The second-order valence-corrected chi connectivity index (χ2v) is 7.13. The van der Waals surface area contributed by atoms with Crippen LogP contribution in [0.1, 0.15) is 30.7 Å². The van der Waals surface area contributed by atoms with E-state index in [0.717, 1.165) is 38.4 Å². The van der Waals surface area contributed by atoms with Gasteiger partial charge in [-0.25, -0.2) is 0 Å². The van der Waals surface area contributed by atoms with Crippen LogP contribution in [0.25, 0.3) is 0 Å². The lowest BCUT2D eigenvalue weighted by molar-refractivity contribution is -0.119. The third-order valence-electron chi connectivity index (χ3n) is 5.21. The molecule has 2 atom stereocenters. The molecule has 3 rings (SSSR count). The zero-order valence-electron chi connectivity index (χ0n) is 15.4. The smallest absolute Gasteiger partial charge is 0.231 e. The standard InChI is InChI=1S/C19H29N5O.HI/c1-21-19(23-16-7-9-24(10-8-16)13-18(20)25)22-12-15-11-17(15)14-5-3-2-4-6-14;/h2-6,15-17H,7-13H2,1H3,(H2,20,25)(H2,21,22,23);1H. The number of benzene rings is 1. The molecule has 0 aromatic heterocycles. The first kappa shape index (κ1) is 21.0. The number of rotatable bonds is 6. The summed E-state index contributed by atoms with van der Waals surface area (Å²) < 4.78 is 0. The van der Waals surface area contributed by atoms with Gasteiger partial charge in [0.25, 0.3) is 0 Å². The fourth-order valence-corrected chi connectivity index (χ4v) is 3.65. The average molecular weight is 471 g/mol. The normalized spacial score (nSPS) is 23.8. The maximum atomic E-state index is 11.0. The van der Waals surface area contributed by atoms with E-state index in [1.54, 1.807) is 0 Å². The van der Waals surface area contributed by atoms with Crippen LogP contribution in [0.5, 0.6) is 0 Å². The number of guanidine groups is 1. The number of hydrogen-bond donors (Lipinski definition) is 3. The van der Waals surface area contributed by atoms with Gasteiger partial charge in [-0.1, -0.05) is 30.3 Å². The Morgan fingerprint density at radius 1 is 1.27 bits per heavy atom. The monoisotopic (exact) mass is 471 g/mol. The molecule has 1 aromatic carbocycles. The molecule has 26 heavy (non-hydrogen) atoms. The Labute approximate surface area is 173 Å². The number of nitrogens with zero attached hydrogens (tertiary/aromatic N) is 2. The quantitative estimate of drug-likeness (QED) is 0.334. The number of amides is 1. The van der Waals surface area contributed by atoms with Crippen molar-refractivity contribution in [2.45, 2.75) is 31.2 Å². The van der Waals surface area contributed by atoms with Crippen LogP contribution in [0, 0.1) is 5.92 Å². The average Bonchev–Trinajstić information content (AvgIpc) is 3.40.